The quantitative estimate of drug-likeness (QED) is 0.528. The normalized spacial score (nSPS) is 19.1. The highest BCUT2D eigenvalue weighted by atomic mass is 19.1. The van der Waals surface area contributed by atoms with E-state index >= 15 is 0 Å². The molecule has 9 nitrogen and oxygen atoms in total. The van der Waals surface area contributed by atoms with Crippen molar-refractivity contribution in [2.45, 2.75) is 26.3 Å². The van der Waals surface area contributed by atoms with E-state index in [1.165, 1.54) is 17.1 Å². The van der Waals surface area contributed by atoms with Crippen LogP contribution in [0.4, 0.5) is 4.39 Å². The third-order valence-electron chi connectivity index (χ3n) is 7.05. The van der Waals surface area contributed by atoms with Crippen LogP contribution in [0.25, 0.3) is 0 Å². The number of fused-ring (bicyclic) bond motifs is 1. The summed E-state index contributed by atoms with van der Waals surface area (Å²) >= 11 is 0. The first-order valence-electron chi connectivity index (χ1n) is 13.0. The topological polar surface area (TPSA) is 83.9 Å². The van der Waals surface area contributed by atoms with Crippen molar-refractivity contribution in [2.24, 2.45) is 11.0 Å². The lowest BCUT2D eigenvalue weighted by molar-refractivity contribution is -0.143. The number of ether oxygens (including phenoxy) is 3. The lowest BCUT2D eigenvalue weighted by Gasteiger charge is -2.31. The number of benzene rings is 2. The summed E-state index contributed by atoms with van der Waals surface area (Å²) in [5.74, 6) is 0.340. The molecule has 1 unspecified atom stereocenters. The maximum Gasteiger partial charge on any atom is 0.262 e. The van der Waals surface area contributed by atoms with E-state index in [2.05, 4.69) is 10.0 Å². The Hall–Kier alpha value is -3.50. The zero-order chi connectivity index (χ0) is 26.6. The van der Waals surface area contributed by atoms with E-state index in [0.717, 1.165) is 24.2 Å². The Morgan fingerprint density at radius 2 is 1.82 bits per heavy atom. The molecule has 1 atom stereocenters. The molecule has 1 fully saturated rings. The number of hydrazone groups is 1. The Kier molecular flexibility index (Phi) is 7.90. The molecule has 0 saturated carbocycles. The second-order valence-electron chi connectivity index (χ2n) is 9.99. The van der Waals surface area contributed by atoms with E-state index in [0.29, 0.717) is 49.9 Å². The molecule has 2 amide bonds. The van der Waals surface area contributed by atoms with Crippen molar-refractivity contribution >= 4 is 17.5 Å². The van der Waals surface area contributed by atoms with E-state index in [1.807, 2.05) is 32.0 Å². The lowest BCUT2D eigenvalue weighted by Crippen LogP contribution is -2.47. The molecule has 2 aromatic carbocycles. The summed E-state index contributed by atoms with van der Waals surface area (Å²) in [6.07, 6.45) is 0.447. The van der Waals surface area contributed by atoms with Gasteiger partial charge in [0.15, 0.2) is 11.5 Å². The molecule has 38 heavy (non-hydrogen) atoms. The van der Waals surface area contributed by atoms with Crippen LogP contribution in [-0.2, 0) is 14.3 Å². The van der Waals surface area contributed by atoms with Gasteiger partial charge >= 0.3 is 0 Å². The number of hydrogen-bond acceptors (Lipinski definition) is 7. The minimum absolute atomic E-state index is 0.0758. The fourth-order valence-electron chi connectivity index (χ4n) is 4.89. The fraction of sp³-hybridized carbons (Fsp3) is 0.464. The van der Waals surface area contributed by atoms with Gasteiger partial charge in [-0.1, -0.05) is 32.0 Å². The lowest BCUT2D eigenvalue weighted by atomic mass is 9.98. The van der Waals surface area contributed by atoms with Crippen molar-refractivity contribution in [1.82, 2.24) is 14.8 Å². The van der Waals surface area contributed by atoms with Crippen LogP contribution in [0.3, 0.4) is 0 Å². The average Bonchev–Trinajstić information content (AvgIpc) is 3.58. The first-order chi connectivity index (χ1) is 18.4. The van der Waals surface area contributed by atoms with Crippen LogP contribution >= 0.6 is 0 Å². The summed E-state index contributed by atoms with van der Waals surface area (Å²) < 4.78 is 30.0. The van der Waals surface area contributed by atoms with Gasteiger partial charge in [-0.15, -0.1) is 0 Å². The monoisotopic (exact) mass is 524 g/mol. The molecule has 10 heteroatoms. The summed E-state index contributed by atoms with van der Waals surface area (Å²) in [5, 5.41) is 6.15. The Morgan fingerprint density at radius 3 is 2.55 bits per heavy atom. The van der Waals surface area contributed by atoms with Crippen molar-refractivity contribution in [3.63, 3.8) is 0 Å². The van der Waals surface area contributed by atoms with E-state index < -0.39 is 6.04 Å². The maximum absolute atomic E-state index is 13.8. The zero-order valence-corrected chi connectivity index (χ0v) is 21.8. The van der Waals surface area contributed by atoms with Crippen molar-refractivity contribution in [2.75, 3.05) is 52.7 Å². The van der Waals surface area contributed by atoms with Crippen LogP contribution in [0, 0.1) is 11.7 Å². The molecule has 0 N–H and O–H groups in total. The molecule has 3 aliphatic heterocycles. The van der Waals surface area contributed by atoms with Gasteiger partial charge in [0.05, 0.1) is 25.0 Å². The van der Waals surface area contributed by atoms with Crippen LogP contribution < -0.4 is 9.47 Å². The van der Waals surface area contributed by atoms with Crippen molar-refractivity contribution in [1.29, 1.82) is 0 Å². The minimum atomic E-state index is -0.396. The smallest absolute Gasteiger partial charge is 0.262 e. The molecular weight excluding hydrogens is 491 g/mol. The Balaban J connectivity index is 1.38. The summed E-state index contributed by atoms with van der Waals surface area (Å²) in [7, 11) is 0. The predicted octanol–water partition coefficient (Wildman–Crippen LogP) is 3.05. The van der Waals surface area contributed by atoms with Crippen LogP contribution in [0.1, 0.15) is 37.4 Å². The van der Waals surface area contributed by atoms with E-state index in [4.69, 9.17) is 14.2 Å². The SMILES string of the molecule is CC(C)C(=O)N(CCN1CCOCC1)CC(=O)N1N=C(c2ccc(F)cc2)CC1c1ccc2c(c1)OCO2. The minimum Gasteiger partial charge on any atom is -0.454 e. The van der Waals surface area contributed by atoms with Gasteiger partial charge in [-0.05, 0) is 35.4 Å². The molecule has 0 spiro atoms. The largest absolute Gasteiger partial charge is 0.454 e. The Morgan fingerprint density at radius 1 is 1.08 bits per heavy atom. The molecule has 3 aliphatic rings. The maximum atomic E-state index is 13.8. The number of amides is 2. The highest BCUT2D eigenvalue weighted by molar-refractivity contribution is 6.03. The van der Waals surface area contributed by atoms with Gasteiger partial charge in [-0.2, -0.15) is 5.10 Å². The number of rotatable bonds is 8. The van der Waals surface area contributed by atoms with Gasteiger partial charge in [0.2, 0.25) is 12.7 Å². The van der Waals surface area contributed by atoms with Crippen LogP contribution in [-0.4, -0.2) is 85.1 Å². The van der Waals surface area contributed by atoms with Crippen LogP contribution in [0.15, 0.2) is 47.6 Å². The Labute approximate surface area is 221 Å². The molecule has 0 radical (unpaired) electrons. The molecule has 202 valence electrons. The third-order valence-corrected chi connectivity index (χ3v) is 7.05. The molecule has 0 bridgehead atoms. The number of carbonyl (C=O) groups is 2. The number of nitrogens with zero attached hydrogens (tertiary/aromatic N) is 4. The van der Waals surface area contributed by atoms with Crippen molar-refractivity contribution < 1.29 is 28.2 Å². The Bertz CT molecular complexity index is 1200. The number of carbonyl (C=O) groups excluding carboxylic acids is 2. The number of halogens is 1. The summed E-state index contributed by atoms with van der Waals surface area (Å²) in [6.45, 7) is 7.82. The molecule has 0 aliphatic carbocycles. The second kappa shape index (κ2) is 11.5. The van der Waals surface area contributed by atoms with E-state index in [-0.39, 0.29) is 36.9 Å². The molecule has 5 rings (SSSR count). The van der Waals surface area contributed by atoms with Gasteiger partial charge in [-0.3, -0.25) is 14.5 Å². The summed E-state index contributed by atoms with van der Waals surface area (Å²) in [4.78, 5) is 30.7. The van der Waals surface area contributed by atoms with Gasteiger partial charge in [0.1, 0.15) is 12.4 Å². The van der Waals surface area contributed by atoms with Gasteiger partial charge in [0.25, 0.3) is 5.91 Å². The highest BCUT2D eigenvalue weighted by Crippen LogP contribution is 2.39. The molecular formula is C28H33FN4O5. The van der Waals surface area contributed by atoms with Crippen molar-refractivity contribution in [3.8, 4) is 11.5 Å². The molecule has 3 heterocycles. The third kappa shape index (κ3) is 5.81. The van der Waals surface area contributed by atoms with Gasteiger partial charge < -0.3 is 19.1 Å². The van der Waals surface area contributed by atoms with Crippen LogP contribution in [0.5, 0.6) is 11.5 Å². The van der Waals surface area contributed by atoms with Gasteiger partial charge in [-0.25, -0.2) is 9.40 Å². The molecule has 1 saturated heterocycles. The first kappa shape index (κ1) is 26.1. The fourth-order valence-corrected chi connectivity index (χ4v) is 4.89. The summed E-state index contributed by atoms with van der Waals surface area (Å²) in [5.41, 5.74) is 2.27. The highest BCUT2D eigenvalue weighted by Gasteiger charge is 2.35. The second-order valence-corrected chi connectivity index (χ2v) is 9.99. The van der Waals surface area contributed by atoms with Crippen LogP contribution in [0.2, 0.25) is 0 Å². The molecule has 0 aromatic heterocycles. The number of hydrogen-bond donors (Lipinski definition) is 0. The number of morpholine rings is 1. The zero-order valence-electron chi connectivity index (χ0n) is 21.8. The van der Waals surface area contributed by atoms with Crippen molar-refractivity contribution in [3.05, 3.63) is 59.4 Å². The van der Waals surface area contributed by atoms with E-state index in [1.54, 1.807) is 17.0 Å². The summed E-state index contributed by atoms with van der Waals surface area (Å²) in [6, 6.07) is 11.3. The molecule has 2 aromatic rings. The van der Waals surface area contributed by atoms with E-state index in [9.17, 15) is 14.0 Å². The van der Waals surface area contributed by atoms with Gasteiger partial charge in [0, 0.05) is 38.5 Å². The average molecular weight is 525 g/mol. The predicted molar refractivity (Wildman–Crippen MR) is 138 cm³/mol. The first-order valence-corrected chi connectivity index (χ1v) is 13.0. The standard InChI is InChI=1S/C28H33FN4O5/c1-19(2)28(35)32(10-9-31-11-13-36-14-12-31)17-27(34)33-24(21-5-8-25-26(15-21)38-18-37-25)16-23(30-33)20-3-6-22(29)7-4-20/h3-8,15,19,24H,9-14,16-18H2,1-2H3.